The van der Waals surface area contributed by atoms with Crippen LogP contribution in [0.1, 0.15) is 24.3 Å². The van der Waals surface area contributed by atoms with E-state index in [1.165, 1.54) is 0 Å². The summed E-state index contributed by atoms with van der Waals surface area (Å²) >= 11 is 6.22. The van der Waals surface area contributed by atoms with Gasteiger partial charge in [0.25, 0.3) is 0 Å². The fourth-order valence-corrected chi connectivity index (χ4v) is 3.72. The van der Waals surface area contributed by atoms with E-state index in [4.69, 9.17) is 16.0 Å². The van der Waals surface area contributed by atoms with Crippen LogP contribution in [0.5, 0.6) is 0 Å². The van der Waals surface area contributed by atoms with E-state index >= 15 is 0 Å². The van der Waals surface area contributed by atoms with Crippen molar-refractivity contribution in [3.63, 3.8) is 0 Å². The Morgan fingerprint density at radius 3 is 2.77 bits per heavy atom. The zero-order chi connectivity index (χ0) is 21.2. The van der Waals surface area contributed by atoms with Crippen LogP contribution in [0.3, 0.4) is 0 Å². The molecular formula is C24H19ClN4O2. The number of hydrogen-bond donors (Lipinski definition) is 0. The number of pyridine rings is 1. The highest BCUT2D eigenvalue weighted by Gasteiger charge is 2.33. The van der Waals surface area contributed by atoms with Crippen LogP contribution in [0.4, 0.5) is 0 Å². The Bertz CT molecular complexity index is 1270. The predicted octanol–water partition coefficient (Wildman–Crippen LogP) is 5.14. The molecule has 0 bridgehead atoms. The number of amides is 1. The first kappa shape index (κ1) is 19.5. The van der Waals surface area contributed by atoms with Crippen LogP contribution in [-0.4, -0.2) is 32.0 Å². The van der Waals surface area contributed by atoms with Gasteiger partial charge in [0.05, 0.1) is 22.6 Å². The van der Waals surface area contributed by atoms with E-state index in [0.717, 1.165) is 29.3 Å². The Morgan fingerprint density at radius 1 is 1.10 bits per heavy atom. The van der Waals surface area contributed by atoms with E-state index in [1.54, 1.807) is 23.2 Å². The van der Waals surface area contributed by atoms with Crippen LogP contribution in [0.15, 0.2) is 71.3 Å². The van der Waals surface area contributed by atoms with Crippen LogP contribution >= 0.6 is 11.6 Å². The van der Waals surface area contributed by atoms with Crippen molar-refractivity contribution in [1.29, 1.82) is 0 Å². The van der Waals surface area contributed by atoms with Gasteiger partial charge in [0.1, 0.15) is 0 Å². The molecule has 1 aliphatic rings. The first-order valence-electron chi connectivity index (χ1n) is 10.1. The lowest BCUT2D eigenvalue weighted by Crippen LogP contribution is -2.31. The van der Waals surface area contributed by atoms with Gasteiger partial charge in [0.2, 0.25) is 17.7 Å². The number of nitrogens with zero attached hydrogens (tertiary/aromatic N) is 4. The van der Waals surface area contributed by atoms with Crippen molar-refractivity contribution in [2.45, 2.75) is 25.4 Å². The highest BCUT2D eigenvalue weighted by Crippen LogP contribution is 2.30. The van der Waals surface area contributed by atoms with Crippen LogP contribution in [-0.2, 0) is 11.3 Å². The van der Waals surface area contributed by atoms with Crippen molar-refractivity contribution in [1.82, 2.24) is 20.1 Å². The summed E-state index contributed by atoms with van der Waals surface area (Å²) in [5, 5.41) is 9.80. The van der Waals surface area contributed by atoms with Crippen LogP contribution in [0.25, 0.3) is 28.4 Å². The predicted molar refractivity (Wildman–Crippen MR) is 119 cm³/mol. The zero-order valence-corrected chi connectivity index (χ0v) is 17.4. The molecular weight excluding hydrogens is 412 g/mol. The molecule has 2 aromatic carbocycles. The highest BCUT2D eigenvalue weighted by atomic mass is 35.5. The molecule has 1 saturated carbocycles. The smallest absolute Gasteiger partial charge is 0.249 e. The molecule has 2 heterocycles. The van der Waals surface area contributed by atoms with Gasteiger partial charge in [-0.25, -0.2) is 0 Å². The Labute approximate surface area is 184 Å². The second-order valence-electron chi connectivity index (χ2n) is 7.43. The van der Waals surface area contributed by atoms with Gasteiger partial charge in [0, 0.05) is 29.3 Å². The van der Waals surface area contributed by atoms with Gasteiger partial charge in [-0.2, -0.15) is 0 Å². The van der Waals surface area contributed by atoms with Crippen LogP contribution in [0.2, 0.25) is 5.02 Å². The van der Waals surface area contributed by atoms with E-state index in [1.807, 2.05) is 54.6 Å². The minimum atomic E-state index is -0.0899. The van der Waals surface area contributed by atoms with Crippen LogP contribution in [0, 0.1) is 0 Å². The molecule has 0 spiro atoms. The average Bonchev–Trinajstić information content (AvgIpc) is 3.54. The monoisotopic (exact) mass is 430 g/mol. The van der Waals surface area contributed by atoms with E-state index < -0.39 is 0 Å². The second kappa shape index (κ2) is 8.32. The maximum atomic E-state index is 13.0. The summed E-state index contributed by atoms with van der Waals surface area (Å²) in [7, 11) is 0. The lowest BCUT2D eigenvalue weighted by atomic mass is 10.1. The van der Waals surface area contributed by atoms with Gasteiger partial charge in [-0.05, 0) is 37.1 Å². The second-order valence-corrected chi connectivity index (χ2v) is 7.84. The summed E-state index contributed by atoms with van der Waals surface area (Å²) in [4.78, 5) is 19.2. The molecule has 1 fully saturated rings. The number of benzene rings is 2. The Balaban J connectivity index is 1.35. The van der Waals surface area contributed by atoms with Crippen molar-refractivity contribution in [2.75, 3.05) is 0 Å². The van der Waals surface area contributed by atoms with E-state index in [0.29, 0.717) is 22.4 Å². The molecule has 0 saturated heterocycles. The fourth-order valence-electron chi connectivity index (χ4n) is 3.50. The molecule has 31 heavy (non-hydrogen) atoms. The van der Waals surface area contributed by atoms with E-state index in [-0.39, 0.29) is 18.5 Å². The number of para-hydroxylation sites is 1. The largest absolute Gasteiger partial charge is 0.419 e. The third-order valence-corrected chi connectivity index (χ3v) is 5.55. The molecule has 1 aliphatic carbocycles. The summed E-state index contributed by atoms with van der Waals surface area (Å²) < 4.78 is 5.79. The highest BCUT2D eigenvalue weighted by molar-refractivity contribution is 6.33. The number of fused-ring (bicyclic) bond motifs is 1. The van der Waals surface area contributed by atoms with Gasteiger partial charge in [0.15, 0.2) is 0 Å². The fraction of sp³-hybridized carbons (Fsp3) is 0.167. The topological polar surface area (TPSA) is 72.1 Å². The minimum absolute atomic E-state index is 0.0899. The molecule has 154 valence electrons. The Kier molecular flexibility index (Phi) is 5.22. The molecule has 0 atom stereocenters. The Morgan fingerprint density at radius 2 is 1.94 bits per heavy atom. The maximum absolute atomic E-state index is 13.0. The number of hydrogen-bond acceptors (Lipinski definition) is 5. The van der Waals surface area contributed by atoms with Gasteiger partial charge in [-0.15, -0.1) is 10.2 Å². The lowest BCUT2D eigenvalue weighted by molar-refractivity contribution is -0.127. The molecule has 4 aromatic rings. The number of rotatable bonds is 6. The summed E-state index contributed by atoms with van der Waals surface area (Å²) in [5.74, 6) is 0.643. The summed E-state index contributed by atoms with van der Waals surface area (Å²) in [6.07, 6.45) is 7.11. The molecule has 0 N–H and O–H groups in total. The summed E-state index contributed by atoms with van der Waals surface area (Å²) in [5.41, 5.74) is 2.45. The molecule has 1 amide bonds. The molecule has 0 aliphatic heterocycles. The van der Waals surface area contributed by atoms with Gasteiger partial charge >= 0.3 is 0 Å². The lowest BCUT2D eigenvalue weighted by Gasteiger charge is -2.18. The first-order chi connectivity index (χ1) is 15.2. The molecule has 5 rings (SSSR count). The van der Waals surface area contributed by atoms with E-state index in [2.05, 4.69) is 15.2 Å². The summed E-state index contributed by atoms with van der Waals surface area (Å²) in [6.45, 7) is 0.263. The van der Waals surface area contributed by atoms with Crippen molar-refractivity contribution in [3.8, 4) is 11.5 Å². The third kappa shape index (κ3) is 4.20. The van der Waals surface area contributed by atoms with Gasteiger partial charge < -0.3 is 9.32 Å². The molecule has 0 radical (unpaired) electrons. The van der Waals surface area contributed by atoms with Crippen molar-refractivity contribution in [3.05, 3.63) is 83.3 Å². The Hall–Kier alpha value is -3.51. The number of halogens is 1. The number of aromatic nitrogens is 3. The molecule has 2 aromatic heterocycles. The van der Waals surface area contributed by atoms with Crippen molar-refractivity contribution in [2.24, 2.45) is 0 Å². The third-order valence-electron chi connectivity index (χ3n) is 5.22. The number of carbonyl (C=O) groups excluding carboxylic acids is 1. The average molecular weight is 431 g/mol. The van der Waals surface area contributed by atoms with Crippen molar-refractivity contribution < 1.29 is 9.21 Å². The molecule has 0 unspecified atom stereocenters. The first-order valence-corrected chi connectivity index (χ1v) is 10.5. The van der Waals surface area contributed by atoms with E-state index in [9.17, 15) is 4.79 Å². The maximum Gasteiger partial charge on any atom is 0.249 e. The summed E-state index contributed by atoms with van der Waals surface area (Å²) in [6, 6.07) is 17.3. The normalized spacial score (nSPS) is 13.7. The number of carbonyl (C=O) groups is 1. The minimum Gasteiger partial charge on any atom is -0.419 e. The van der Waals surface area contributed by atoms with Gasteiger partial charge in [-0.3, -0.25) is 9.78 Å². The SMILES string of the molecule is O=C(/C=C/c1cccc2cccnc12)N(Cc1nnc(-c2ccccc2Cl)o1)C1CC1. The van der Waals surface area contributed by atoms with Crippen LogP contribution < -0.4 is 0 Å². The molecule has 7 heteroatoms. The quantitative estimate of drug-likeness (QED) is 0.396. The zero-order valence-electron chi connectivity index (χ0n) is 16.6. The van der Waals surface area contributed by atoms with Crippen molar-refractivity contribution >= 4 is 34.5 Å². The molecule has 6 nitrogen and oxygen atoms in total. The standard InChI is InChI=1S/C24H19ClN4O2/c25-20-9-2-1-8-19(20)24-28-27-21(31-24)15-29(18-11-12-18)22(30)13-10-17-6-3-5-16-7-4-14-26-23(16)17/h1-10,13-14,18H,11-12,15H2/b13-10+. The van der Waals surface area contributed by atoms with Gasteiger partial charge in [-0.1, -0.05) is 48.0 Å².